The molecule has 1 aromatic carbocycles. The quantitative estimate of drug-likeness (QED) is 0.119. The van der Waals surface area contributed by atoms with E-state index in [1.165, 1.54) is 38.2 Å². The van der Waals surface area contributed by atoms with Crippen LogP contribution >= 0.6 is 0 Å². The highest BCUT2D eigenvalue weighted by atomic mass is 16.5. The fourth-order valence-corrected chi connectivity index (χ4v) is 3.86. The van der Waals surface area contributed by atoms with Gasteiger partial charge in [0.25, 0.3) is 0 Å². The molecule has 0 aromatic heterocycles. The number of fused-ring (bicyclic) bond motifs is 1. The smallest absolute Gasteiger partial charge is 0.311 e. The molecule has 0 N–H and O–H groups in total. The summed E-state index contributed by atoms with van der Waals surface area (Å²) in [6.07, 6.45) is 23.0. The molecule has 2 rings (SSSR count). The van der Waals surface area contributed by atoms with E-state index in [0.29, 0.717) is 17.6 Å². The molecule has 1 aliphatic rings. The zero-order chi connectivity index (χ0) is 23.9. The van der Waals surface area contributed by atoms with Gasteiger partial charge in [-0.05, 0) is 57.6 Å². The first kappa shape index (κ1) is 26.5. The maximum atomic E-state index is 12.3. The van der Waals surface area contributed by atoms with Crippen molar-refractivity contribution in [2.45, 2.75) is 90.9 Å². The third kappa shape index (κ3) is 9.33. The van der Waals surface area contributed by atoms with Crippen LogP contribution in [0.4, 0.5) is 0 Å². The maximum absolute atomic E-state index is 12.3. The first-order valence-electron chi connectivity index (χ1n) is 12.5. The fraction of sp³-hybridized carbons (Fsp3) is 0.483. The number of carbonyl (C=O) groups is 3. The number of hydrogen-bond acceptors (Lipinski definition) is 4. The average Bonchev–Trinajstić information content (AvgIpc) is 2.80. The number of Topliss-reactive ketones (excluding diaryl/α,β-unsaturated/α-hetero) is 1. The molecule has 4 heteroatoms. The number of benzene rings is 1. The van der Waals surface area contributed by atoms with Crippen molar-refractivity contribution in [2.75, 3.05) is 0 Å². The van der Waals surface area contributed by atoms with Crippen molar-refractivity contribution < 1.29 is 19.1 Å². The molecular formula is C29H38O4. The molecule has 1 aromatic rings. The minimum Gasteiger partial charge on any atom is -0.426 e. The number of rotatable bonds is 15. The Morgan fingerprint density at radius 2 is 1.55 bits per heavy atom. The lowest BCUT2D eigenvalue weighted by Crippen LogP contribution is -2.18. The van der Waals surface area contributed by atoms with E-state index in [2.05, 4.69) is 31.2 Å². The van der Waals surface area contributed by atoms with Gasteiger partial charge in [0.2, 0.25) is 0 Å². The molecule has 0 heterocycles. The van der Waals surface area contributed by atoms with Gasteiger partial charge in [-0.25, -0.2) is 0 Å². The molecule has 0 radical (unpaired) electrons. The van der Waals surface area contributed by atoms with Crippen molar-refractivity contribution in [3.8, 4) is 5.75 Å². The molecule has 0 amide bonds. The molecule has 4 nitrogen and oxygen atoms in total. The second-order valence-electron chi connectivity index (χ2n) is 8.65. The highest BCUT2D eigenvalue weighted by Crippen LogP contribution is 2.29. The van der Waals surface area contributed by atoms with Crippen LogP contribution < -0.4 is 4.74 Å². The lowest BCUT2D eigenvalue weighted by Gasteiger charge is -2.16. The van der Waals surface area contributed by atoms with Gasteiger partial charge in [-0.3, -0.25) is 14.4 Å². The van der Waals surface area contributed by atoms with E-state index in [1.54, 1.807) is 25.1 Å². The maximum Gasteiger partial charge on any atom is 0.311 e. The number of allylic oxidation sites excluding steroid dienone is 6. The normalized spacial score (nSPS) is 13.6. The Hall–Kier alpha value is -2.75. The largest absolute Gasteiger partial charge is 0.426 e. The van der Waals surface area contributed by atoms with Crippen molar-refractivity contribution in [3.05, 3.63) is 65.3 Å². The Morgan fingerprint density at radius 3 is 2.27 bits per heavy atom. The van der Waals surface area contributed by atoms with Crippen LogP contribution in [0.25, 0.3) is 0 Å². The average molecular weight is 451 g/mol. The zero-order valence-electron chi connectivity index (χ0n) is 20.2. The Morgan fingerprint density at radius 1 is 0.879 bits per heavy atom. The van der Waals surface area contributed by atoms with E-state index in [9.17, 15) is 14.4 Å². The lowest BCUT2D eigenvalue weighted by molar-refractivity contribution is -0.134. The van der Waals surface area contributed by atoms with Crippen molar-refractivity contribution in [1.82, 2.24) is 0 Å². The van der Waals surface area contributed by atoms with Crippen LogP contribution in [0.5, 0.6) is 5.75 Å². The molecule has 0 unspecified atom stereocenters. The predicted molar refractivity (Wildman–Crippen MR) is 134 cm³/mol. The minimum atomic E-state index is -0.361. The van der Waals surface area contributed by atoms with Crippen molar-refractivity contribution in [1.29, 1.82) is 0 Å². The van der Waals surface area contributed by atoms with Crippen molar-refractivity contribution in [3.63, 3.8) is 0 Å². The van der Waals surface area contributed by atoms with Crippen LogP contribution in [0.2, 0.25) is 0 Å². The van der Waals surface area contributed by atoms with Crippen LogP contribution in [-0.2, 0) is 4.79 Å². The molecule has 0 saturated carbocycles. The number of esters is 1. The van der Waals surface area contributed by atoms with Crippen LogP contribution in [-0.4, -0.2) is 17.5 Å². The monoisotopic (exact) mass is 450 g/mol. The molecule has 0 atom stereocenters. The van der Waals surface area contributed by atoms with Gasteiger partial charge in [0.05, 0.1) is 5.56 Å². The fourth-order valence-electron chi connectivity index (χ4n) is 3.86. The Balaban J connectivity index is 1.57. The molecule has 0 bridgehead atoms. The molecule has 0 fully saturated rings. The van der Waals surface area contributed by atoms with E-state index in [1.807, 2.05) is 0 Å². The summed E-state index contributed by atoms with van der Waals surface area (Å²) < 4.78 is 5.43. The standard InChI is InChI=1S/C29H38O4/c1-3-4-5-6-7-8-9-10-11-12-13-14-15-16-17-21-27(31)33-26-20-18-19-24-28(26)25(30)22-23(2)29(24)32/h7-8,10-11,18-20,22H,3-6,9,12-17,21H2,1-2H3/b8-7-,11-10-. The second-order valence-corrected chi connectivity index (χ2v) is 8.65. The summed E-state index contributed by atoms with van der Waals surface area (Å²) in [6, 6.07) is 4.82. The van der Waals surface area contributed by atoms with Crippen molar-refractivity contribution >= 4 is 17.5 Å². The number of hydrogen-bond donors (Lipinski definition) is 0. The Bertz CT molecular complexity index is 889. The van der Waals surface area contributed by atoms with E-state index < -0.39 is 0 Å². The molecule has 178 valence electrons. The number of carbonyl (C=O) groups excluding carboxylic acids is 3. The molecule has 0 aliphatic heterocycles. The van der Waals surface area contributed by atoms with Crippen LogP contribution in [0, 0.1) is 0 Å². The molecule has 0 spiro atoms. The van der Waals surface area contributed by atoms with Gasteiger partial charge < -0.3 is 4.74 Å². The van der Waals surface area contributed by atoms with Gasteiger partial charge in [-0.2, -0.15) is 0 Å². The van der Waals surface area contributed by atoms with E-state index in [-0.39, 0.29) is 28.8 Å². The topological polar surface area (TPSA) is 60.4 Å². The molecule has 1 aliphatic carbocycles. The number of unbranched alkanes of at least 4 members (excludes halogenated alkanes) is 8. The third-order valence-corrected chi connectivity index (χ3v) is 5.78. The SMILES string of the molecule is CCCCC/C=C\C/C=C\CCCCCCCC(=O)Oc1cccc2c1C(=O)C=C(C)C2=O. The summed E-state index contributed by atoms with van der Waals surface area (Å²) in [5.41, 5.74) is 0.907. The lowest BCUT2D eigenvalue weighted by atomic mass is 9.89. The zero-order valence-corrected chi connectivity index (χ0v) is 20.2. The first-order valence-corrected chi connectivity index (χ1v) is 12.5. The Labute approximate surface area is 198 Å². The second kappa shape index (κ2) is 15.2. The summed E-state index contributed by atoms with van der Waals surface area (Å²) in [4.78, 5) is 36.8. The minimum absolute atomic E-state index is 0.183. The van der Waals surface area contributed by atoms with E-state index >= 15 is 0 Å². The first-order chi connectivity index (χ1) is 16.0. The molecular weight excluding hydrogens is 412 g/mol. The highest BCUT2D eigenvalue weighted by Gasteiger charge is 2.27. The van der Waals surface area contributed by atoms with E-state index in [0.717, 1.165) is 38.5 Å². The van der Waals surface area contributed by atoms with Gasteiger partial charge in [0, 0.05) is 17.6 Å². The van der Waals surface area contributed by atoms with Crippen molar-refractivity contribution in [2.24, 2.45) is 0 Å². The third-order valence-electron chi connectivity index (χ3n) is 5.78. The Kier molecular flexibility index (Phi) is 12.2. The van der Waals surface area contributed by atoms with E-state index in [4.69, 9.17) is 4.74 Å². The summed E-state index contributed by atoms with van der Waals surface area (Å²) >= 11 is 0. The van der Waals surface area contributed by atoms with Gasteiger partial charge in [0.15, 0.2) is 11.6 Å². The summed E-state index contributed by atoms with van der Waals surface area (Å²) in [5.74, 6) is -0.665. The predicted octanol–water partition coefficient (Wildman–Crippen LogP) is 7.73. The summed E-state index contributed by atoms with van der Waals surface area (Å²) in [6.45, 7) is 3.84. The molecule has 0 saturated heterocycles. The highest BCUT2D eigenvalue weighted by molar-refractivity contribution is 6.25. The van der Waals surface area contributed by atoms with Crippen LogP contribution in [0.3, 0.4) is 0 Å². The van der Waals surface area contributed by atoms with Gasteiger partial charge >= 0.3 is 5.97 Å². The van der Waals surface area contributed by atoms with Crippen LogP contribution in [0.15, 0.2) is 54.2 Å². The van der Waals surface area contributed by atoms with Gasteiger partial charge in [-0.15, -0.1) is 0 Å². The molecule has 33 heavy (non-hydrogen) atoms. The number of ketones is 2. The summed E-state index contributed by atoms with van der Waals surface area (Å²) in [5, 5.41) is 0. The van der Waals surface area contributed by atoms with Gasteiger partial charge in [0.1, 0.15) is 5.75 Å². The number of ether oxygens (including phenoxy) is 1. The van der Waals surface area contributed by atoms with Crippen LogP contribution in [0.1, 0.15) is 112 Å². The summed E-state index contributed by atoms with van der Waals surface area (Å²) in [7, 11) is 0. The van der Waals surface area contributed by atoms with Gasteiger partial charge in [-0.1, -0.05) is 75.5 Å².